The predicted octanol–water partition coefficient (Wildman–Crippen LogP) is 2.76. The fourth-order valence-corrected chi connectivity index (χ4v) is 2.51. The number of hydrogen-bond donors (Lipinski definition) is 3. The molecular formula is C13H14Cl2N2O3. The molecular weight excluding hydrogens is 303 g/mol. The van der Waals surface area contributed by atoms with Gasteiger partial charge in [-0.3, -0.25) is 4.79 Å². The van der Waals surface area contributed by atoms with Gasteiger partial charge in [0.05, 0.1) is 26.8 Å². The summed E-state index contributed by atoms with van der Waals surface area (Å²) in [5, 5.41) is 11.6. The second kappa shape index (κ2) is 5.24. The van der Waals surface area contributed by atoms with Crippen molar-refractivity contribution in [3.8, 4) is 0 Å². The van der Waals surface area contributed by atoms with Gasteiger partial charge >= 0.3 is 5.97 Å². The van der Waals surface area contributed by atoms with Crippen molar-refractivity contribution >= 4 is 40.8 Å². The first-order valence-corrected chi connectivity index (χ1v) is 6.81. The molecule has 1 saturated carbocycles. The standard InChI is InChI=1S/C13H14Cl2N2O3/c1-13(16,7-2-3-7)12(20)17-10-8(14)4-6(11(18)19)5-9(10)15/h4-5,7H,2-3,16H2,1H3,(H,17,20)(H,18,19). The van der Waals surface area contributed by atoms with Crippen molar-refractivity contribution in [3.05, 3.63) is 27.7 Å². The fraction of sp³-hybridized carbons (Fsp3) is 0.385. The van der Waals surface area contributed by atoms with E-state index < -0.39 is 11.5 Å². The fourth-order valence-electron chi connectivity index (χ4n) is 1.93. The number of amides is 1. The Kier molecular flexibility index (Phi) is 3.95. The van der Waals surface area contributed by atoms with Crippen LogP contribution in [0.25, 0.3) is 0 Å². The van der Waals surface area contributed by atoms with Crippen LogP contribution in [0.5, 0.6) is 0 Å². The number of carbonyl (C=O) groups is 2. The van der Waals surface area contributed by atoms with Crippen LogP contribution < -0.4 is 11.1 Å². The Morgan fingerprint density at radius 1 is 1.35 bits per heavy atom. The molecule has 7 heteroatoms. The molecule has 0 saturated heterocycles. The SMILES string of the molecule is CC(N)(C(=O)Nc1c(Cl)cc(C(=O)O)cc1Cl)C1CC1. The molecule has 0 heterocycles. The normalized spacial score (nSPS) is 17.4. The molecule has 0 bridgehead atoms. The van der Waals surface area contributed by atoms with Crippen LogP contribution in [0.4, 0.5) is 5.69 Å². The van der Waals surface area contributed by atoms with Crippen molar-refractivity contribution in [1.29, 1.82) is 0 Å². The van der Waals surface area contributed by atoms with Gasteiger partial charge in [0.25, 0.3) is 0 Å². The molecule has 1 aromatic rings. The summed E-state index contributed by atoms with van der Waals surface area (Å²) >= 11 is 11.9. The van der Waals surface area contributed by atoms with Crippen molar-refractivity contribution in [2.75, 3.05) is 5.32 Å². The minimum absolute atomic E-state index is 0.0456. The monoisotopic (exact) mass is 316 g/mol. The van der Waals surface area contributed by atoms with E-state index in [2.05, 4.69) is 5.32 Å². The highest BCUT2D eigenvalue weighted by Crippen LogP contribution is 2.39. The maximum absolute atomic E-state index is 12.2. The first-order chi connectivity index (χ1) is 9.23. The van der Waals surface area contributed by atoms with Gasteiger partial charge in [0.1, 0.15) is 0 Å². The summed E-state index contributed by atoms with van der Waals surface area (Å²) in [6.07, 6.45) is 1.83. The van der Waals surface area contributed by atoms with Crippen molar-refractivity contribution in [2.45, 2.75) is 25.3 Å². The van der Waals surface area contributed by atoms with Gasteiger partial charge in [-0.2, -0.15) is 0 Å². The van der Waals surface area contributed by atoms with Gasteiger partial charge in [-0.1, -0.05) is 23.2 Å². The lowest BCUT2D eigenvalue weighted by molar-refractivity contribution is -0.121. The Labute approximate surface area is 126 Å². The molecule has 1 unspecified atom stereocenters. The lowest BCUT2D eigenvalue weighted by Gasteiger charge is -2.23. The molecule has 1 fully saturated rings. The molecule has 1 amide bonds. The maximum Gasteiger partial charge on any atom is 0.335 e. The summed E-state index contributed by atoms with van der Waals surface area (Å²) < 4.78 is 0. The first kappa shape index (κ1) is 15.1. The molecule has 1 aromatic carbocycles. The van der Waals surface area contributed by atoms with Crippen molar-refractivity contribution < 1.29 is 14.7 Å². The minimum atomic E-state index is -1.15. The summed E-state index contributed by atoms with van der Waals surface area (Å²) in [7, 11) is 0. The van der Waals surface area contributed by atoms with Crippen LogP contribution in [-0.4, -0.2) is 22.5 Å². The van der Waals surface area contributed by atoms with Gasteiger partial charge in [0.15, 0.2) is 0 Å². The van der Waals surface area contributed by atoms with E-state index in [1.54, 1.807) is 6.92 Å². The summed E-state index contributed by atoms with van der Waals surface area (Å²) in [5.74, 6) is -1.38. The van der Waals surface area contributed by atoms with Crippen molar-refractivity contribution in [1.82, 2.24) is 0 Å². The van der Waals surface area contributed by atoms with Crippen LogP contribution in [0.1, 0.15) is 30.1 Å². The molecule has 108 valence electrons. The zero-order chi connectivity index (χ0) is 15.1. The third kappa shape index (κ3) is 2.90. The summed E-state index contributed by atoms with van der Waals surface area (Å²) in [4.78, 5) is 23.0. The Balaban J connectivity index is 2.25. The Morgan fingerprint density at radius 3 is 2.25 bits per heavy atom. The molecule has 0 aliphatic heterocycles. The van der Waals surface area contributed by atoms with E-state index in [1.807, 2.05) is 0 Å². The van der Waals surface area contributed by atoms with Crippen LogP contribution in [0.15, 0.2) is 12.1 Å². The van der Waals surface area contributed by atoms with E-state index in [0.717, 1.165) is 12.8 Å². The van der Waals surface area contributed by atoms with Gasteiger partial charge in [0, 0.05) is 0 Å². The molecule has 4 N–H and O–H groups in total. The van der Waals surface area contributed by atoms with E-state index in [9.17, 15) is 9.59 Å². The molecule has 1 aliphatic rings. The molecule has 1 aliphatic carbocycles. The number of benzene rings is 1. The van der Waals surface area contributed by atoms with E-state index in [1.165, 1.54) is 12.1 Å². The highest BCUT2D eigenvalue weighted by Gasteiger charge is 2.44. The summed E-state index contributed by atoms with van der Waals surface area (Å²) in [6.45, 7) is 1.66. The average Bonchev–Trinajstić information content (AvgIpc) is 3.17. The highest BCUT2D eigenvalue weighted by molar-refractivity contribution is 6.40. The average molecular weight is 317 g/mol. The Hall–Kier alpha value is -1.30. The predicted molar refractivity (Wildman–Crippen MR) is 77.4 cm³/mol. The number of aromatic carboxylic acids is 1. The van der Waals surface area contributed by atoms with Crippen LogP contribution in [0, 0.1) is 5.92 Å². The largest absolute Gasteiger partial charge is 0.478 e. The number of rotatable bonds is 4. The lowest BCUT2D eigenvalue weighted by Crippen LogP contribution is -2.50. The number of halogens is 2. The highest BCUT2D eigenvalue weighted by atomic mass is 35.5. The number of carboxylic acids is 1. The van der Waals surface area contributed by atoms with E-state index >= 15 is 0 Å². The molecule has 1 atom stereocenters. The summed E-state index contributed by atoms with van der Waals surface area (Å²) in [6, 6.07) is 2.47. The number of carboxylic acid groups (broad SMARTS) is 1. The number of nitrogens with one attached hydrogen (secondary N) is 1. The quantitative estimate of drug-likeness (QED) is 0.796. The van der Waals surface area contributed by atoms with Crippen molar-refractivity contribution in [2.24, 2.45) is 11.7 Å². The maximum atomic E-state index is 12.2. The topological polar surface area (TPSA) is 92.4 Å². The zero-order valence-electron chi connectivity index (χ0n) is 10.7. The van der Waals surface area contributed by atoms with E-state index in [0.29, 0.717) is 0 Å². The molecule has 2 rings (SSSR count). The van der Waals surface area contributed by atoms with Gasteiger partial charge in [0.2, 0.25) is 5.91 Å². The summed E-state index contributed by atoms with van der Waals surface area (Å²) in [5.41, 5.74) is 5.15. The number of hydrogen-bond acceptors (Lipinski definition) is 3. The third-order valence-corrected chi connectivity index (χ3v) is 4.04. The van der Waals surface area contributed by atoms with Gasteiger partial charge in [-0.15, -0.1) is 0 Å². The lowest BCUT2D eigenvalue weighted by atomic mass is 9.96. The number of carbonyl (C=O) groups excluding carboxylic acids is 1. The molecule has 0 spiro atoms. The second-order valence-electron chi connectivity index (χ2n) is 5.13. The molecule has 20 heavy (non-hydrogen) atoms. The number of anilines is 1. The first-order valence-electron chi connectivity index (χ1n) is 6.06. The molecule has 0 radical (unpaired) electrons. The van der Waals surface area contributed by atoms with E-state index in [-0.39, 0.29) is 33.1 Å². The molecule has 5 nitrogen and oxygen atoms in total. The van der Waals surface area contributed by atoms with Crippen molar-refractivity contribution in [3.63, 3.8) is 0 Å². The van der Waals surface area contributed by atoms with Gasteiger partial charge in [-0.25, -0.2) is 4.79 Å². The molecule has 0 aromatic heterocycles. The minimum Gasteiger partial charge on any atom is -0.478 e. The second-order valence-corrected chi connectivity index (χ2v) is 5.95. The van der Waals surface area contributed by atoms with Crippen LogP contribution >= 0.6 is 23.2 Å². The third-order valence-electron chi connectivity index (χ3n) is 3.44. The van der Waals surface area contributed by atoms with Crippen LogP contribution in [-0.2, 0) is 4.79 Å². The van der Waals surface area contributed by atoms with Gasteiger partial charge < -0.3 is 16.2 Å². The Bertz CT molecular complexity index is 560. The number of nitrogens with two attached hydrogens (primary N) is 1. The smallest absolute Gasteiger partial charge is 0.335 e. The Morgan fingerprint density at radius 2 is 1.85 bits per heavy atom. The van der Waals surface area contributed by atoms with E-state index in [4.69, 9.17) is 34.0 Å². The van der Waals surface area contributed by atoms with Crippen LogP contribution in [0.2, 0.25) is 10.0 Å². The zero-order valence-corrected chi connectivity index (χ0v) is 12.3. The van der Waals surface area contributed by atoms with Gasteiger partial charge in [-0.05, 0) is 37.8 Å². The van der Waals surface area contributed by atoms with Crippen LogP contribution in [0.3, 0.4) is 0 Å².